The van der Waals surface area contributed by atoms with Gasteiger partial charge in [-0.25, -0.2) is 8.42 Å². The zero-order valence-electron chi connectivity index (χ0n) is 23.6. The molecule has 3 aromatic rings. The van der Waals surface area contributed by atoms with Gasteiger partial charge in [0, 0.05) is 19.2 Å². The van der Waals surface area contributed by atoms with Gasteiger partial charge in [0.15, 0.2) is 11.5 Å². The van der Waals surface area contributed by atoms with Gasteiger partial charge in [-0.15, -0.1) is 0 Å². The number of carbonyl (C=O) groups is 2. The molecular weight excluding hydrogens is 530 g/mol. The highest BCUT2D eigenvalue weighted by molar-refractivity contribution is 7.92. The van der Waals surface area contributed by atoms with Crippen LogP contribution in [0.4, 0.5) is 5.69 Å². The van der Waals surface area contributed by atoms with Gasteiger partial charge in [0.2, 0.25) is 11.8 Å². The molecule has 0 spiro atoms. The molecule has 0 radical (unpaired) electrons. The highest BCUT2D eigenvalue weighted by Crippen LogP contribution is 2.34. The van der Waals surface area contributed by atoms with Crippen molar-refractivity contribution in [1.82, 2.24) is 10.2 Å². The van der Waals surface area contributed by atoms with Gasteiger partial charge in [0.05, 0.1) is 24.8 Å². The SMILES string of the molecule is CCNC(=O)[C@H](CC)N(Cc1ccc(C)cc1)C(=O)CN(c1ccc(OC)c(OC)c1)S(=O)(=O)c1ccccc1. The molecule has 2 amide bonds. The first-order chi connectivity index (χ1) is 19.2. The van der Waals surface area contributed by atoms with Gasteiger partial charge in [-0.3, -0.25) is 13.9 Å². The summed E-state index contributed by atoms with van der Waals surface area (Å²) in [4.78, 5) is 28.5. The topological polar surface area (TPSA) is 105 Å². The van der Waals surface area contributed by atoms with E-state index in [0.29, 0.717) is 24.5 Å². The Kier molecular flexibility index (Phi) is 10.6. The Bertz CT molecular complexity index is 1390. The number of hydrogen-bond donors (Lipinski definition) is 1. The van der Waals surface area contributed by atoms with Crippen LogP contribution in [0.25, 0.3) is 0 Å². The number of benzene rings is 3. The first-order valence-electron chi connectivity index (χ1n) is 13.1. The Morgan fingerprint density at radius 1 is 0.900 bits per heavy atom. The van der Waals surface area contributed by atoms with Crippen molar-refractivity contribution in [3.05, 3.63) is 83.9 Å². The Balaban J connectivity index is 2.10. The minimum atomic E-state index is -4.18. The Morgan fingerprint density at radius 3 is 2.12 bits per heavy atom. The van der Waals surface area contributed by atoms with Gasteiger partial charge in [-0.2, -0.15) is 0 Å². The molecule has 0 saturated heterocycles. The smallest absolute Gasteiger partial charge is 0.264 e. The van der Waals surface area contributed by atoms with Gasteiger partial charge >= 0.3 is 0 Å². The van der Waals surface area contributed by atoms with Crippen LogP contribution in [-0.4, -0.2) is 58.5 Å². The van der Waals surface area contributed by atoms with Gasteiger partial charge in [-0.1, -0.05) is 55.0 Å². The van der Waals surface area contributed by atoms with E-state index < -0.39 is 28.5 Å². The molecule has 0 aliphatic carbocycles. The number of sulfonamides is 1. The number of nitrogens with zero attached hydrogens (tertiary/aromatic N) is 2. The summed E-state index contributed by atoms with van der Waals surface area (Å²) < 4.78 is 39.6. The molecule has 0 aliphatic rings. The van der Waals surface area contributed by atoms with Gasteiger partial charge in [0.1, 0.15) is 12.6 Å². The average Bonchev–Trinajstić information content (AvgIpc) is 2.96. The second-order valence-electron chi connectivity index (χ2n) is 9.19. The lowest BCUT2D eigenvalue weighted by molar-refractivity contribution is -0.140. The summed E-state index contributed by atoms with van der Waals surface area (Å²) in [5.74, 6) is -0.0917. The lowest BCUT2D eigenvalue weighted by Crippen LogP contribution is -2.52. The fraction of sp³-hybridized carbons (Fsp3) is 0.333. The van der Waals surface area contributed by atoms with E-state index in [4.69, 9.17) is 9.47 Å². The molecule has 0 heterocycles. The van der Waals surface area contributed by atoms with Crippen molar-refractivity contribution in [1.29, 1.82) is 0 Å². The minimum absolute atomic E-state index is 0.0263. The summed E-state index contributed by atoms with van der Waals surface area (Å²) in [5, 5.41) is 2.80. The molecule has 0 bridgehead atoms. The molecule has 9 nitrogen and oxygen atoms in total. The maximum atomic E-state index is 14.0. The van der Waals surface area contributed by atoms with Crippen molar-refractivity contribution in [2.75, 3.05) is 31.6 Å². The standard InChI is InChI=1S/C30H37N3O6S/c1-6-26(30(35)31-7-2)32(20-23-15-13-22(3)14-16-23)29(34)21-33(40(36,37)25-11-9-8-10-12-25)24-17-18-27(38-4)28(19-24)39-5/h8-19,26H,6-7,20-21H2,1-5H3,(H,31,35)/t26-/m0/s1. The number of aryl methyl sites for hydroxylation is 1. The molecular formula is C30H37N3O6S. The van der Waals surface area contributed by atoms with Crippen molar-refractivity contribution in [2.24, 2.45) is 0 Å². The number of amides is 2. The number of nitrogens with one attached hydrogen (secondary N) is 1. The Labute approximate surface area is 236 Å². The van der Waals surface area contributed by atoms with Crippen LogP contribution in [0.1, 0.15) is 31.4 Å². The summed E-state index contributed by atoms with van der Waals surface area (Å²) in [6.07, 6.45) is 0.352. The van der Waals surface area contributed by atoms with Gasteiger partial charge < -0.3 is 19.7 Å². The molecule has 1 atom stereocenters. The Morgan fingerprint density at radius 2 is 1.55 bits per heavy atom. The van der Waals surface area contributed by atoms with Crippen LogP contribution in [0.3, 0.4) is 0 Å². The van der Waals surface area contributed by atoms with E-state index in [1.807, 2.05) is 45.0 Å². The fourth-order valence-electron chi connectivity index (χ4n) is 4.33. The van der Waals surface area contributed by atoms with Crippen molar-refractivity contribution in [2.45, 2.75) is 44.7 Å². The van der Waals surface area contributed by atoms with Crippen LogP contribution in [0.5, 0.6) is 11.5 Å². The molecule has 1 N–H and O–H groups in total. The Hall–Kier alpha value is -4.05. The predicted octanol–water partition coefficient (Wildman–Crippen LogP) is 4.15. The molecule has 3 aromatic carbocycles. The fourth-order valence-corrected chi connectivity index (χ4v) is 5.76. The third-order valence-electron chi connectivity index (χ3n) is 6.48. The molecule has 0 aromatic heterocycles. The zero-order valence-corrected chi connectivity index (χ0v) is 24.4. The van der Waals surface area contributed by atoms with Crippen LogP contribution in [0.15, 0.2) is 77.7 Å². The van der Waals surface area contributed by atoms with Crippen LogP contribution >= 0.6 is 0 Å². The van der Waals surface area contributed by atoms with E-state index in [1.54, 1.807) is 30.3 Å². The third-order valence-corrected chi connectivity index (χ3v) is 8.26. The lowest BCUT2D eigenvalue weighted by Gasteiger charge is -2.33. The lowest BCUT2D eigenvalue weighted by atomic mass is 10.1. The summed E-state index contributed by atoms with van der Waals surface area (Å²) in [5.41, 5.74) is 2.10. The summed E-state index contributed by atoms with van der Waals surface area (Å²) >= 11 is 0. The second-order valence-corrected chi connectivity index (χ2v) is 11.1. The first kappa shape index (κ1) is 30.5. The maximum absolute atomic E-state index is 14.0. The second kappa shape index (κ2) is 13.8. The van der Waals surface area contributed by atoms with E-state index in [-0.39, 0.29) is 23.0 Å². The molecule has 0 unspecified atom stereocenters. The highest BCUT2D eigenvalue weighted by atomic mass is 32.2. The normalized spacial score (nSPS) is 11.8. The predicted molar refractivity (Wildman–Crippen MR) is 155 cm³/mol. The molecule has 10 heteroatoms. The molecule has 0 saturated carbocycles. The number of ether oxygens (including phenoxy) is 2. The van der Waals surface area contributed by atoms with Crippen LogP contribution in [0, 0.1) is 6.92 Å². The minimum Gasteiger partial charge on any atom is -0.493 e. The number of methoxy groups -OCH3 is 2. The highest BCUT2D eigenvalue weighted by Gasteiger charge is 2.33. The summed E-state index contributed by atoms with van der Waals surface area (Å²) in [6, 6.07) is 19.4. The third kappa shape index (κ3) is 7.12. The van der Waals surface area contributed by atoms with Crippen molar-refractivity contribution in [3.63, 3.8) is 0 Å². The van der Waals surface area contributed by atoms with Crippen LogP contribution in [0.2, 0.25) is 0 Å². The number of carbonyl (C=O) groups excluding carboxylic acids is 2. The van der Waals surface area contributed by atoms with E-state index in [9.17, 15) is 18.0 Å². The van der Waals surface area contributed by atoms with E-state index >= 15 is 0 Å². The monoisotopic (exact) mass is 567 g/mol. The van der Waals surface area contributed by atoms with Crippen LogP contribution in [-0.2, 0) is 26.2 Å². The van der Waals surface area contributed by atoms with E-state index in [0.717, 1.165) is 15.4 Å². The summed E-state index contributed by atoms with van der Waals surface area (Å²) in [6.45, 7) is 5.60. The zero-order chi connectivity index (χ0) is 29.3. The van der Waals surface area contributed by atoms with E-state index in [1.165, 1.54) is 37.3 Å². The largest absolute Gasteiger partial charge is 0.493 e. The van der Waals surface area contributed by atoms with Crippen LogP contribution < -0.4 is 19.1 Å². The average molecular weight is 568 g/mol. The summed E-state index contributed by atoms with van der Waals surface area (Å²) in [7, 11) is -1.25. The van der Waals surface area contributed by atoms with Gasteiger partial charge in [0.25, 0.3) is 10.0 Å². The van der Waals surface area contributed by atoms with Crippen molar-refractivity contribution >= 4 is 27.5 Å². The molecule has 3 rings (SSSR count). The molecule has 214 valence electrons. The first-order valence-corrected chi connectivity index (χ1v) is 14.5. The molecule has 0 fully saturated rings. The molecule has 40 heavy (non-hydrogen) atoms. The quantitative estimate of drug-likeness (QED) is 0.333. The van der Waals surface area contributed by atoms with Crippen molar-refractivity contribution in [3.8, 4) is 11.5 Å². The number of likely N-dealkylation sites (N-methyl/N-ethyl adjacent to an activating group) is 1. The maximum Gasteiger partial charge on any atom is 0.264 e. The number of rotatable bonds is 13. The number of anilines is 1. The molecule has 0 aliphatic heterocycles. The number of hydrogen-bond acceptors (Lipinski definition) is 6. The van der Waals surface area contributed by atoms with Gasteiger partial charge in [-0.05, 0) is 50.1 Å². The van der Waals surface area contributed by atoms with E-state index in [2.05, 4.69) is 5.32 Å². The van der Waals surface area contributed by atoms with Crippen molar-refractivity contribution < 1.29 is 27.5 Å².